The Morgan fingerprint density at radius 1 is 1.39 bits per heavy atom. The summed E-state index contributed by atoms with van der Waals surface area (Å²) in [6.07, 6.45) is 5.45. The minimum absolute atomic E-state index is 0.0181. The first-order chi connectivity index (χ1) is 13.3. The van der Waals surface area contributed by atoms with Gasteiger partial charge in [-0.3, -0.25) is 4.79 Å². The first-order valence-corrected chi connectivity index (χ1v) is 9.47. The van der Waals surface area contributed by atoms with E-state index in [1.54, 1.807) is 24.1 Å². The maximum atomic E-state index is 12.5. The molecule has 0 unspecified atom stereocenters. The van der Waals surface area contributed by atoms with Gasteiger partial charge >= 0.3 is 5.97 Å². The smallest absolute Gasteiger partial charge is 0.374 e. The molecule has 0 bridgehead atoms. The Kier molecular flexibility index (Phi) is 4.34. The highest BCUT2D eigenvalue weighted by Gasteiger charge is 2.51. The van der Waals surface area contributed by atoms with Gasteiger partial charge in [0, 0.05) is 36.8 Å². The standard InChI is InChI=1S/C22H25NO5/c1-12-15-11-22(3)13(2)19(28-21(25)17-7-6-8-27-17)18(26-5)10-14(22)9-16(15)23(4)20(12)24/h6-10,13,18-19H,11H2,1-5H3/t13-,18+,19+,22+/m0/s1. The van der Waals surface area contributed by atoms with Gasteiger partial charge in [0.1, 0.15) is 12.2 Å². The van der Waals surface area contributed by atoms with Crippen molar-refractivity contribution in [1.82, 2.24) is 4.90 Å². The molecule has 4 rings (SSSR count). The fourth-order valence-corrected chi connectivity index (χ4v) is 4.60. The largest absolute Gasteiger partial charge is 0.457 e. The van der Waals surface area contributed by atoms with Crippen molar-refractivity contribution in [3.63, 3.8) is 0 Å². The Morgan fingerprint density at radius 2 is 2.14 bits per heavy atom. The van der Waals surface area contributed by atoms with E-state index in [1.165, 1.54) is 6.26 Å². The average molecular weight is 383 g/mol. The summed E-state index contributed by atoms with van der Waals surface area (Å²) in [6, 6.07) is 3.24. The van der Waals surface area contributed by atoms with E-state index in [-0.39, 0.29) is 29.1 Å². The molecule has 2 heterocycles. The molecule has 0 radical (unpaired) electrons. The van der Waals surface area contributed by atoms with E-state index in [0.29, 0.717) is 0 Å². The van der Waals surface area contributed by atoms with Crippen molar-refractivity contribution in [2.24, 2.45) is 11.3 Å². The summed E-state index contributed by atoms with van der Waals surface area (Å²) in [4.78, 5) is 26.6. The van der Waals surface area contributed by atoms with Gasteiger partial charge in [0.2, 0.25) is 5.76 Å². The molecule has 0 N–H and O–H groups in total. The van der Waals surface area contributed by atoms with Gasteiger partial charge in [-0.05, 0) is 48.8 Å². The molecule has 1 amide bonds. The van der Waals surface area contributed by atoms with Gasteiger partial charge in [-0.25, -0.2) is 4.79 Å². The topological polar surface area (TPSA) is 69.0 Å². The minimum atomic E-state index is -0.498. The number of hydrogen-bond acceptors (Lipinski definition) is 5. The number of ether oxygens (including phenoxy) is 2. The molecule has 0 saturated heterocycles. The van der Waals surface area contributed by atoms with Crippen LogP contribution in [0.15, 0.2) is 57.4 Å². The summed E-state index contributed by atoms with van der Waals surface area (Å²) >= 11 is 0. The summed E-state index contributed by atoms with van der Waals surface area (Å²) in [5.74, 6) is -0.298. The third-order valence-electron chi connectivity index (χ3n) is 6.65. The Bertz CT molecular complexity index is 923. The normalized spacial score (nSPS) is 32.0. The van der Waals surface area contributed by atoms with Crippen LogP contribution in [-0.4, -0.2) is 43.1 Å². The van der Waals surface area contributed by atoms with Gasteiger partial charge < -0.3 is 18.8 Å². The molecule has 0 spiro atoms. The predicted molar refractivity (Wildman–Crippen MR) is 102 cm³/mol. The van der Waals surface area contributed by atoms with Crippen molar-refractivity contribution >= 4 is 11.9 Å². The molecule has 3 aliphatic rings. The molecule has 0 aromatic carbocycles. The lowest BCUT2D eigenvalue weighted by Gasteiger charge is -2.48. The molecular formula is C22H25NO5. The summed E-state index contributed by atoms with van der Waals surface area (Å²) in [6.45, 7) is 6.13. The van der Waals surface area contributed by atoms with Crippen molar-refractivity contribution in [1.29, 1.82) is 0 Å². The number of carbonyl (C=O) groups is 2. The van der Waals surface area contributed by atoms with E-state index >= 15 is 0 Å². The summed E-state index contributed by atoms with van der Waals surface area (Å²) in [5.41, 5.74) is 3.67. The van der Waals surface area contributed by atoms with E-state index in [0.717, 1.165) is 28.8 Å². The van der Waals surface area contributed by atoms with E-state index in [4.69, 9.17) is 13.9 Å². The van der Waals surface area contributed by atoms with Crippen molar-refractivity contribution < 1.29 is 23.5 Å². The van der Waals surface area contributed by atoms with Crippen LogP contribution >= 0.6 is 0 Å². The molecule has 0 saturated carbocycles. The number of carbonyl (C=O) groups excluding carboxylic acids is 2. The first-order valence-electron chi connectivity index (χ1n) is 9.47. The molecule has 0 fully saturated rings. The monoisotopic (exact) mass is 383 g/mol. The van der Waals surface area contributed by atoms with Crippen LogP contribution < -0.4 is 0 Å². The predicted octanol–water partition coefficient (Wildman–Crippen LogP) is 3.48. The van der Waals surface area contributed by atoms with Gasteiger partial charge in [0.25, 0.3) is 5.91 Å². The van der Waals surface area contributed by atoms with Crippen LogP contribution in [0.4, 0.5) is 0 Å². The zero-order chi connectivity index (χ0) is 20.2. The lowest BCUT2D eigenvalue weighted by molar-refractivity contribution is -0.123. The molecule has 6 nitrogen and oxygen atoms in total. The fraction of sp³-hybridized carbons (Fsp3) is 0.455. The van der Waals surface area contributed by atoms with Crippen molar-refractivity contribution in [3.8, 4) is 0 Å². The maximum Gasteiger partial charge on any atom is 0.374 e. The number of allylic oxidation sites excluding steroid dienone is 3. The van der Waals surface area contributed by atoms with Crippen molar-refractivity contribution in [3.05, 3.63) is 58.7 Å². The quantitative estimate of drug-likeness (QED) is 0.748. The summed E-state index contributed by atoms with van der Waals surface area (Å²) in [7, 11) is 3.42. The van der Waals surface area contributed by atoms with Gasteiger partial charge in [-0.1, -0.05) is 13.8 Å². The van der Waals surface area contributed by atoms with Gasteiger partial charge in [-0.2, -0.15) is 0 Å². The van der Waals surface area contributed by atoms with E-state index in [2.05, 4.69) is 19.9 Å². The lowest BCUT2D eigenvalue weighted by atomic mass is 9.59. The Balaban J connectivity index is 1.72. The van der Waals surface area contributed by atoms with Crippen LogP contribution in [0.3, 0.4) is 0 Å². The number of likely N-dealkylation sites (N-methyl/N-ethyl adjacent to an activating group) is 1. The van der Waals surface area contributed by atoms with Gasteiger partial charge in [-0.15, -0.1) is 0 Å². The number of methoxy groups -OCH3 is 1. The number of esters is 1. The van der Waals surface area contributed by atoms with Crippen LogP contribution in [0.25, 0.3) is 0 Å². The number of hydrogen-bond donors (Lipinski definition) is 0. The van der Waals surface area contributed by atoms with Crippen LogP contribution in [0, 0.1) is 11.3 Å². The molecule has 1 aromatic rings. The third kappa shape index (κ3) is 2.58. The maximum absolute atomic E-state index is 12.5. The second kappa shape index (κ2) is 6.48. The minimum Gasteiger partial charge on any atom is -0.457 e. The highest BCUT2D eigenvalue weighted by atomic mass is 16.6. The Hall–Kier alpha value is -2.60. The number of rotatable bonds is 3. The van der Waals surface area contributed by atoms with Crippen LogP contribution in [0.1, 0.15) is 37.7 Å². The Morgan fingerprint density at radius 3 is 2.79 bits per heavy atom. The van der Waals surface area contributed by atoms with Gasteiger partial charge in [0.05, 0.1) is 6.26 Å². The SMILES string of the molecule is CO[C@@H]1C=C2C=C3C(=C(C)C(=O)N3C)C[C@]2(C)[C@@H](C)[C@H]1OC(=O)c1ccco1. The number of fused-ring (bicyclic) bond motifs is 2. The summed E-state index contributed by atoms with van der Waals surface area (Å²) < 4.78 is 16.7. The highest BCUT2D eigenvalue weighted by Crippen LogP contribution is 2.54. The molecule has 6 heteroatoms. The van der Waals surface area contributed by atoms with Crippen molar-refractivity contribution in [2.45, 2.75) is 39.4 Å². The van der Waals surface area contributed by atoms with Crippen molar-refractivity contribution in [2.75, 3.05) is 14.2 Å². The third-order valence-corrected chi connectivity index (χ3v) is 6.65. The molecular weight excluding hydrogens is 358 g/mol. The number of nitrogens with zero attached hydrogens (tertiary/aromatic N) is 1. The van der Waals surface area contributed by atoms with Crippen LogP contribution in [-0.2, 0) is 14.3 Å². The zero-order valence-corrected chi connectivity index (χ0v) is 16.8. The molecule has 1 aromatic heterocycles. The number of furan rings is 1. The van der Waals surface area contributed by atoms with Crippen LogP contribution in [0.2, 0.25) is 0 Å². The molecule has 148 valence electrons. The summed E-state index contributed by atoms with van der Waals surface area (Å²) in [5, 5.41) is 0. The van der Waals surface area contributed by atoms with Crippen LogP contribution in [0.5, 0.6) is 0 Å². The molecule has 2 aliphatic carbocycles. The fourth-order valence-electron chi connectivity index (χ4n) is 4.60. The second-order valence-electron chi connectivity index (χ2n) is 8.05. The Labute approximate surface area is 164 Å². The van der Waals surface area contributed by atoms with Gasteiger partial charge in [0.15, 0.2) is 0 Å². The van der Waals surface area contributed by atoms with E-state index in [9.17, 15) is 9.59 Å². The lowest BCUT2D eigenvalue weighted by Crippen LogP contribution is -2.49. The number of amides is 1. The molecule has 28 heavy (non-hydrogen) atoms. The zero-order valence-electron chi connectivity index (χ0n) is 16.8. The molecule has 4 atom stereocenters. The van der Waals surface area contributed by atoms with E-state index in [1.807, 2.05) is 20.0 Å². The highest BCUT2D eigenvalue weighted by molar-refractivity contribution is 6.00. The second-order valence-corrected chi connectivity index (χ2v) is 8.05. The van der Waals surface area contributed by atoms with E-state index < -0.39 is 12.1 Å². The molecule has 1 aliphatic heterocycles. The first kappa shape index (κ1) is 18.7. The average Bonchev–Trinajstić information content (AvgIpc) is 3.28.